The molecular formula is C22H34O5Si. The van der Waals surface area contributed by atoms with Gasteiger partial charge in [0.25, 0.3) is 0 Å². The standard InChI is InChI=1S/C22H34O5Si/c1-21(2,3)28(6,7)27-16-12-11-15-22(19(23)25-4,20(24)26-5)17-18-13-9-8-10-14-18/h8-14H,15-17H2,1-7H3/b12-11-. The van der Waals surface area contributed by atoms with E-state index in [9.17, 15) is 9.59 Å². The Morgan fingerprint density at radius 2 is 1.50 bits per heavy atom. The van der Waals surface area contributed by atoms with Gasteiger partial charge in [0.05, 0.1) is 20.8 Å². The Balaban J connectivity index is 2.99. The van der Waals surface area contributed by atoms with E-state index in [1.165, 1.54) is 14.2 Å². The molecule has 1 rings (SSSR count). The number of carbonyl (C=O) groups is 2. The van der Waals surface area contributed by atoms with Crippen molar-refractivity contribution in [1.29, 1.82) is 0 Å². The van der Waals surface area contributed by atoms with Crippen LogP contribution in [-0.4, -0.2) is 41.1 Å². The Kier molecular flexibility index (Phi) is 8.64. The molecule has 0 saturated heterocycles. The lowest BCUT2D eigenvalue weighted by Crippen LogP contribution is -2.43. The minimum absolute atomic E-state index is 0.121. The van der Waals surface area contributed by atoms with Gasteiger partial charge < -0.3 is 13.9 Å². The molecule has 1 aromatic rings. The van der Waals surface area contributed by atoms with Gasteiger partial charge in [0.2, 0.25) is 0 Å². The number of rotatable bonds is 9. The fraction of sp³-hybridized carbons (Fsp3) is 0.545. The maximum Gasteiger partial charge on any atom is 0.323 e. The van der Waals surface area contributed by atoms with Crippen LogP contribution >= 0.6 is 0 Å². The Morgan fingerprint density at radius 1 is 0.964 bits per heavy atom. The van der Waals surface area contributed by atoms with Crippen LogP contribution in [0.25, 0.3) is 0 Å². The number of hydrogen-bond acceptors (Lipinski definition) is 5. The van der Waals surface area contributed by atoms with Crippen molar-refractivity contribution >= 4 is 20.3 Å². The van der Waals surface area contributed by atoms with Crippen molar-refractivity contribution in [2.24, 2.45) is 5.41 Å². The molecular weight excluding hydrogens is 372 g/mol. The third kappa shape index (κ3) is 6.04. The van der Waals surface area contributed by atoms with Crippen LogP contribution in [0.15, 0.2) is 42.5 Å². The fourth-order valence-electron chi connectivity index (χ4n) is 2.63. The predicted molar refractivity (Wildman–Crippen MR) is 114 cm³/mol. The monoisotopic (exact) mass is 406 g/mol. The summed E-state index contributed by atoms with van der Waals surface area (Å²) in [5, 5.41) is 0.121. The maximum atomic E-state index is 12.6. The number of esters is 2. The third-order valence-corrected chi connectivity index (χ3v) is 9.98. The first-order chi connectivity index (χ1) is 13.0. The molecule has 0 aliphatic rings. The van der Waals surface area contributed by atoms with E-state index in [1.807, 2.05) is 42.5 Å². The molecule has 6 heteroatoms. The molecule has 156 valence electrons. The first-order valence-electron chi connectivity index (χ1n) is 9.50. The van der Waals surface area contributed by atoms with Crippen molar-refractivity contribution in [2.75, 3.05) is 20.8 Å². The van der Waals surface area contributed by atoms with Gasteiger partial charge in [-0.05, 0) is 36.5 Å². The third-order valence-electron chi connectivity index (χ3n) is 5.48. The molecule has 1 aromatic carbocycles. The van der Waals surface area contributed by atoms with Crippen LogP contribution in [0.3, 0.4) is 0 Å². The lowest BCUT2D eigenvalue weighted by molar-refractivity contribution is -0.168. The lowest BCUT2D eigenvalue weighted by Gasteiger charge is -2.35. The molecule has 0 saturated carbocycles. The molecule has 0 aliphatic heterocycles. The van der Waals surface area contributed by atoms with E-state index in [2.05, 4.69) is 33.9 Å². The van der Waals surface area contributed by atoms with Gasteiger partial charge in [-0.2, -0.15) is 0 Å². The van der Waals surface area contributed by atoms with Crippen molar-refractivity contribution in [1.82, 2.24) is 0 Å². The molecule has 5 nitrogen and oxygen atoms in total. The largest absolute Gasteiger partial charge is 0.468 e. The van der Waals surface area contributed by atoms with Crippen LogP contribution in [0.2, 0.25) is 18.1 Å². The number of ether oxygens (including phenoxy) is 2. The second-order valence-corrected chi connectivity index (χ2v) is 13.3. The summed E-state index contributed by atoms with van der Waals surface area (Å²) in [6, 6.07) is 9.39. The summed E-state index contributed by atoms with van der Waals surface area (Å²) in [5.74, 6) is -1.20. The van der Waals surface area contributed by atoms with Gasteiger partial charge in [-0.3, -0.25) is 9.59 Å². The van der Waals surface area contributed by atoms with E-state index in [-0.39, 0.29) is 17.9 Å². The van der Waals surface area contributed by atoms with Gasteiger partial charge in [-0.1, -0.05) is 63.3 Å². The van der Waals surface area contributed by atoms with Crippen LogP contribution in [0.1, 0.15) is 32.8 Å². The molecule has 0 fully saturated rings. The van der Waals surface area contributed by atoms with Crippen molar-refractivity contribution in [2.45, 2.75) is 51.7 Å². The molecule has 0 bridgehead atoms. The van der Waals surface area contributed by atoms with Crippen LogP contribution in [0.5, 0.6) is 0 Å². The van der Waals surface area contributed by atoms with Gasteiger partial charge >= 0.3 is 11.9 Å². The van der Waals surface area contributed by atoms with E-state index in [1.54, 1.807) is 0 Å². The van der Waals surface area contributed by atoms with Gasteiger partial charge in [0.1, 0.15) is 0 Å². The minimum atomic E-state index is -1.85. The topological polar surface area (TPSA) is 61.8 Å². The summed E-state index contributed by atoms with van der Waals surface area (Å²) < 4.78 is 16.1. The Labute approximate surface area is 170 Å². The summed E-state index contributed by atoms with van der Waals surface area (Å²) in [5.41, 5.74) is -0.553. The van der Waals surface area contributed by atoms with Crippen LogP contribution < -0.4 is 0 Å². The van der Waals surface area contributed by atoms with E-state index >= 15 is 0 Å². The van der Waals surface area contributed by atoms with Crippen molar-refractivity contribution < 1.29 is 23.5 Å². The highest BCUT2D eigenvalue weighted by Crippen LogP contribution is 2.36. The summed E-state index contributed by atoms with van der Waals surface area (Å²) >= 11 is 0. The summed E-state index contributed by atoms with van der Waals surface area (Å²) in [6.45, 7) is 11.4. The maximum absolute atomic E-state index is 12.6. The number of benzene rings is 1. The summed E-state index contributed by atoms with van der Waals surface area (Å²) in [6.07, 6.45) is 4.07. The molecule has 0 heterocycles. The first-order valence-corrected chi connectivity index (χ1v) is 12.4. The lowest BCUT2D eigenvalue weighted by atomic mass is 9.78. The molecule has 0 N–H and O–H groups in total. The Morgan fingerprint density at radius 3 is 1.96 bits per heavy atom. The molecule has 0 amide bonds. The Hall–Kier alpha value is -1.92. The average Bonchev–Trinajstić information content (AvgIpc) is 2.65. The number of hydrogen-bond donors (Lipinski definition) is 0. The van der Waals surface area contributed by atoms with E-state index < -0.39 is 25.7 Å². The first kappa shape index (κ1) is 24.1. The van der Waals surface area contributed by atoms with Crippen molar-refractivity contribution in [3.63, 3.8) is 0 Å². The van der Waals surface area contributed by atoms with Crippen LogP contribution in [0, 0.1) is 5.41 Å². The molecule has 0 unspecified atom stereocenters. The van der Waals surface area contributed by atoms with Gasteiger partial charge in [-0.15, -0.1) is 0 Å². The minimum Gasteiger partial charge on any atom is -0.468 e. The molecule has 0 aromatic heterocycles. The van der Waals surface area contributed by atoms with Gasteiger partial charge in [0, 0.05) is 0 Å². The summed E-state index contributed by atoms with van der Waals surface area (Å²) in [4.78, 5) is 25.2. The highest BCUT2D eigenvalue weighted by Gasteiger charge is 2.47. The highest BCUT2D eigenvalue weighted by atomic mass is 28.4. The second-order valence-electron chi connectivity index (χ2n) is 8.47. The zero-order valence-electron chi connectivity index (χ0n) is 18.2. The zero-order valence-corrected chi connectivity index (χ0v) is 19.2. The summed E-state index contributed by atoms with van der Waals surface area (Å²) in [7, 11) is 0.720. The Bertz CT molecular complexity index is 658. The predicted octanol–water partition coefficient (Wildman–Crippen LogP) is 4.53. The average molecular weight is 407 g/mol. The molecule has 28 heavy (non-hydrogen) atoms. The van der Waals surface area contributed by atoms with E-state index in [4.69, 9.17) is 13.9 Å². The van der Waals surface area contributed by atoms with E-state index in [0.717, 1.165) is 5.56 Å². The molecule has 0 radical (unpaired) electrons. The van der Waals surface area contributed by atoms with Crippen molar-refractivity contribution in [3.05, 3.63) is 48.0 Å². The smallest absolute Gasteiger partial charge is 0.323 e. The SMILES string of the molecule is COC(=O)C(C/C=C\CO[Si](C)(C)C(C)(C)C)(Cc1ccccc1)C(=O)OC. The van der Waals surface area contributed by atoms with Crippen LogP contribution in [0.4, 0.5) is 0 Å². The van der Waals surface area contributed by atoms with Crippen molar-refractivity contribution in [3.8, 4) is 0 Å². The van der Waals surface area contributed by atoms with Gasteiger partial charge in [0.15, 0.2) is 13.7 Å². The number of allylic oxidation sites excluding steroid dienone is 1. The second kappa shape index (κ2) is 10.0. The molecule has 0 atom stereocenters. The molecule has 0 spiro atoms. The fourth-order valence-corrected chi connectivity index (χ4v) is 3.57. The number of methoxy groups -OCH3 is 2. The van der Waals surface area contributed by atoms with Crippen LogP contribution in [-0.2, 0) is 29.9 Å². The van der Waals surface area contributed by atoms with E-state index in [0.29, 0.717) is 6.61 Å². The normalized spacial score (nSPS) is 12.8. The zero-order chi connectivity index (χ0) is 21.4. The highest BCUT2D eigenvalue weighted by molar-refractivity contribution is 6.74. The molecule has 0 aliphatic carbocycles. The van der Waals surface area contributed by atoms with Gasteiger partial charge in [-0.25, -0.2) is 0 Å². The number of carbonyl (C=O) groups excluding carboxylic acids is 2. The quantitative estimate of drug-likeness (QED) is 0.261.